The minimum Gasteiger partial charge on any atom is -0.495 e. The van der Waals surface area contributed by atoms with E-state index in [4.69, 9.17) is 9.47 Å². The summed E-state index contributed by atoms with van der Waals surface area (Å²) in [5.41, 5.74) is 0.381. The molecule has 1 aromatic rings. The molecule has 1 aromatic carbocycles. The first kappa shape index (κ1) is 21.7. The molecule has 1 aliphatic rings. The Morgan fingerprint density at radius 2 is 2.00 bits per heavy atom. The van der Waals surface area contributed by atoms with Crippen LogP contribution in [0, 0.1) is 5.92 Å². The molecule has 1 saturated heterocycles. The number of rotatable bonds is 9. The van der Waals surface area contributed by atoms with Crippen molar-refractivity contribution in [1.29, 1.82) is 0 Å². The first-order valence-corrected chi connectivity index (χ1v) is 10.9. The van der Waals surface area contributed by atoms with Gasteiger partial charge in [0.15, 0.2) is 0 Å². The van der Waals surface area contributed by atoms with E-state index in [1.165, 1.54) is 23.5 Å². The molecule has 0 aromatic heterocycles. The summed E-state index contributed by atoms with van der Waals surface area (Å²) in [6, 6.07) is 4.57. The summed E-state index contributed by atoms with van der Waals surface area (Å²) in [5, 5.41) is 2.87. The lowest BCUT2D eigenvalue weighted by Crippen LogP contribution is -2.40. The predicted molar refractivity (Wildman–Crippen MR) is 105 cm³/mol. The second kappa shape index (κ2) is 10.1. The minimum atomic E-state index is -3.64. The third-order valence-corrected chi connectivity index (χ3v) is 6.70. The zero-order valence-corrected chi connectivity index (χ0v) is 17.2. The fourth-order valence-corrected chi connectivity index (χ4v) is 4.52. The molecule has 0 saturated carbocycles. The molecule has 0 unspecified atom stereocenters. The van der Waals surface area contributed by atoms with Crippen molar-refractivity contribution in [1.82, 2.24) is 4.31 Å². The lowest BCUT2D eigenvalue weighted by Gasteiger charge is -2.26. The maximum absolute atomic E-state index is 12.9. The number of morpholine rings is 1. The van der Waals surface area contributed by atoms with Crippen molar-refractivity contribution in [3.8, 4) is 5.75 Å². The van der Waals surface area contributed by atoms with Crippen LogP contribution in [0.15, 0.2) is 23.1 Å². The van der Waals surface area contributed by atoms with Crippen LogP contribution in [-0.2, 0) is 19.6 Å². The average Bonchev–Trinajstić information content (AvgIpc) is 2.69. The number of hydrogen-bond acceptors (Lipinski definition) is 5. The van der Waals surface area contributed by atoms with Gasteiger partial charge in [-0.3, -0.25) is 4.79 Å². The van der Waals surface area contributed by atoms with Gasteiger partial charge in [-0.15, -0.1) is 0 Å². The maximum Gasteiger partial charge on any atom is 0.243 e. The van der Waals surface area contributed by atoms with Gasteiger partial charge in [-0.05, 0) is 31.0 Å². The summed E-state index contributed by atoms with van der Waals surface area (Å²) in [6.45, 7) is 5.49. The van der Waals surface area contributed by atoms with E-state index in [2.05, 4.69) is 12.2 Å². The van der Waals surface area contributed by atoms with Crippen LogP contribution in [0.5, 0.6) is 5.75 Å². The average molecular weight is 399 g/mol. The quantitative estimate of drug-likeness (QED) is 0.691. The van der Waals surface area contributed by atoms with E-state index in [1.54, 1.807) is 6.07 Å². The van der Waals surface area contributed by atoms with Gasteiger partial charge >= 0.3 is 0 Å². The van der Waals surface area contributed by atoms with Crippen molar-refractivity contribution >= 4 is 21.6 Å². The van der Waals surface area contributed by atoms with Gasteiger partial charge in [-0.2, -0.15) is 4.31 Å². The fraction of sp³-hybridized carbons (Fsp3) is 0.632. The largest absolute Gasteiger partial charge is 0.495 e. The smallest absolute Gasteiger partial charge is 0.243 e. The van der Waals surface area contributed by atoms with Gasteiger partial charge in [0.05, 0.1) is 30.9 Å². The van der Waals surface area contributed by atoms with Crippen LogP contribution >= 0.6 is 0 Å². The summed E-state index contributed by atoms with van der Waals surface area (Å²) in [4.78, 5) is 12.8. The van der Waals surface area contributed by atoms with Crippen LogP contribution in [0.1, 0.15) is 39.5 Å². The van der Waals surface area contributed by atoms with Crippen molar-refractivity contribution < 1.29 is 22.7 Å². The highest BCUT2D eigenvalue weighted by Gasteiger charge is 2.27. The molecule has 8 heteroatoms. The number of amides is 1. The summed E-state index contributed by atoms with van der Waals surface area (Å²) in [5.74, 6) is 0.231. The number of sulfonamides is 1. The first-order valence-electron chi connectivity index (χ1n) is 9.50. The second-order valence-electron chi connectivity index (χ2n) is 6.62. The molecule has 1 N–H and O–H groups in total. The second-order valence-corrected chi connectivity index (χ2v) is 8.55. The molecule has 152 valence electrons. The molecule has 2 rings (SSSR count). The van der Waals surface area contributed by atoms with E-state index in [0.717, 1.165) is 25.7 Å². The Bertz CT molecular complexity index is 730. The Morgan fingerprint density at radius 3 is 2.59 bits per heavy atom. The van der Waals surface area contributed by atoms with Gasteiger partial charge in [-0.1, -0.05) is 26.7 Å². The molecule has 27 heavy (non-hydrogen) atoms. The Balaban J connectivity index is 2.25. The highest BCUT2D eigenvalue weighted by atomic mass is 32.2. The summed E-state index contributed by atoms with van der Waals surface area (Å²) in [7, 11) is -2.14. The summed E-state index contributed by atoms with van der Waals surface area (Å²) in [6.07, 6.45) is 3.56. The normalized spacial score (nSPS) is 16.7. The Morgan fingerprint density at radius 1 is 1.30 bits per heavy atom. The van der Waals surface area contributed by atoms with Crippen LogP contribution < -0.4 is 10.1 Å². The van der Waals surface area contributed by atoms with E-state index >= 15 is 0 Å². The van der Waals surface area contributed by atoms with Gasteiger partial charge < -0.3 is 14.8 Å². The third-order valence-electron chi connectivity index (χ3n) is 4.81. The van der Waals surface area contributed by atoms with Crippen molar-refractivity contribution in [2.45, 2.75) is 44.4 Å². The lowest BCUT2D eigenvalue weighted by atomic mass is 9.98. The SMILES string of the molecule is CCCC[C@@H](CC)C(=O)Nc1cc(S(=O)(=O)N2CCOCC2)ccc1OC. The number of nitrogens with zero attached hydrogens (tertiary/aromatic N) is 1. The zero-order chi connectivity index (χ0) is 19.9. The lowest BCUT2D eigenvalue weighted by molar-refractivity contribution is -0.120. The van der Waals surface area contributed by atoms with E-state index in [1.807, 2.05) is 6.92 Å². The Hall–Kier alpha value is -1.64. The molecule has 1 atom stereocenters. The van der Waals surface area contributed by atoms with E-state index in [-0.39, 0.29) is 16.7 Å². The predicted octanol–water partition coefficient (Wildman–Crippen LogP) is 2.87. The van der Waals surface area contributed by atoms with Gasteiger partial charge in [0.1, 0.15) is 5.75 Å². The monoisotopic (exact) mass is 398 g/mol. The molecule has 7 nitrogen and oxygen atoms in total. The van der Waals surface area contributed by atoms with Crippen LogP contribution in [0.4, 0.5) is 5.69 Å². The zero-order valence-electron chi connectivity index (χ0n) is 16.4. The third kappa shape index (κ3) is 5.43. The molecule has 0 spiro atoms. The fourth-order valence-electron chi connectivity index (χ4n) is 3.09. The van der Waals surface area contributed by atoms with E-state index in [9.17, 15) is 13.2 Å². The highest BCUT2D eigenvalue weighted by molar-refractivity contribution is 7.89. The molecule has 0 bridgehead atoms. The van der Waals surface area contributed by atoms with Crippen molar-refractivity contribution in [3.63, 3.8) is 0 Å². The number of nitrogens with one attached hydrogen (secondary N) is 1. The van der Waals surface area contributed by atoms with Crippen LogP contribution in [0.3, 0.4) is 0 Å². The molecule has 0 aliphatic carbocycles. The topological polar surface area (TPSA) is 84.9 Å². The first-order chi connectivity index (χ1) is 12.9. The molecular weight excluding hydrogens is 368 g/mol. The number of unbranched alkanes of at least 4 members (excludes halogenated alkanes) is 1. The number of carbonyl (C=O) groups excluding carboxylic acids is 1. The van der Waals surface area contributed by atoms with Gasteiger partial charge in [0.25, 0.3) is 0 Å². The minimum absolute atomic E-state index is 0.103. The van der Waals surface area contributed by atoms with Gasteiger partial charge in [-0.25, -0.2) is 8.42 Å². The number of hydrogen-bond donors (Lipinski definition) is 1. The standard InChI is InChI=1S/C19H30N2O5S/c1-4-6-7-15(5-2)19(22)20-17-14-16(8-9-18(17)25-3)27(23,24)21-10-12-26-13-11-21/h8-9,14-15H,4-7,10-13H2,1-3H3,(H,20,22)/t15-/m1/s1. The van der Waals surface area contributed by atoms with Crippen LogP contribution in [0.2, 0.25) is 0 Å². The Labute approximate surface area is 162 Å². The number of methoxy groups -OCH3 is 1. The summed E-state index contributed by atoms with van der Waals surface area (Å²) >= 11 is 0. The number of carbonyl (C=O) groups is 1. The Kier molecular flexibility index (Phi) is 8.07. The van der Waals surface area contributed by atoms with Gasteiger partial charge in [0.2, 0.25) is 15.9 Å². The van der Waals surface area contributed by atoms with Crippen LogP contribution in [-0.4, -0.2) is 52.0 Å². The van der Waals surface area contributed by atoms with Crippen molar-refractivity contribution in [3.05, 3.63) is 18.2 Å². The number of anilines is 1. The van der Waals surface area contributed by atoms with E-state index < -0.39 is 10.0 Å². The molecule has 1 amide bonds. The van der Waals surface area contributed by atoms with Crippen LogP contribution in [0.25, 0.3) is 0 Å². The molecule has 1 aliphatic heterocycles. The number of benzene rings is 1. The maximum atomic E-state index is 12.9. The highest BCUT2D eigenvalue weighted by Crippen LogP contribution is 2.30. The number of ether oxygens (including phenoxy) is 2. The van der Waals surface area contributed by atoms with Crippen molar-refractivity contribution in [2.75, 3.05) is 38.7 Å². The molecule has 0 radical (unpaired) electrons. The molecule has 1 fully saturated rings. The molecule has 1 heterocycles. The van der Waals surface area contributed by atoms with Gasteiger partial charge in [0, 0.05) is 19.0 Å². The van der Waals surface area contributed by atoms with Crippen molar-refractivity contribution in [2.24, 2.45) is 5.92 Å². The van der Waals surface area contributed by atoms with E-state index in [0.29, 0.717) is 37.7 Å². The summed E-state index contributed by atoms with van der Waals surface area (Å²) < 4.78 is 37.7. The molecular formula is C19H30N2O5S.